The number of amides is 1. The van der Waals surface area contributed by atoms with Gasteiger partial charge in [0.2, 0.25) is 11.8 Å². The highest BCUT2D eigenvalue weighted by atomic mass is 16.5. The van der Waals surface area contributed by atoms with E-state index in [9.17, 15) is 4.79 Å². The molecular weight excluding hydrogens is 426 g/mol. The first kappa shape index (κ1) is 20.6. The van der Waals surface area contributed by atoms with Crippen molar-refractivity contribution in [1.82, 2.24) is 30.2 Å². The summed E-state index contributed by atoms with van der Waals surface area (Å²) in [4.78, 5) is 32.9. The zero-order valence-corrected chi connectivity index (χ0v) is 18.0. The van der Waals surface area contributed by atoms with Crippen molar-refractivity contribution >= 4 is 28.6 Å². The number of H-pyrrole nitrogens is 1. The van der Waals surface area contributed by atoms with Gasteiger partial charge in [0.25, 0.3) is 5.91 Å². The number of methoxy groups -OCH3 is 2. The van der Waals surface area contributed by atoms with Crippen molar-refractivity contribution in [1.29, 1.82) is 0 Å². The molecule has 5 rings (SSSR count). The molecule has 1 saturated heterocycles. The van der Waals surface area contributed by atoms with Crippen molar-refractivity contribution in [2.45, 2.75) is 6.04 Å². The van der Waals surface area contributed by atoms with Crippen LogP contribution in [-0.4, -0.2) is 64.3 Å². The fourth-order valence-corrected chi connectivity index (χ4v) is 3.50. The number of hydrogen-bond acceptors (Lipinski definition) is 9. The van der Waals surface area contributed by atoms with Gasteiger partial charge in [-0.05, 0) is 24.3 Å². The van der Waals surface area contributed by atoms with Crippen molar-refractivity contribution < 1.29 is 19.0 Å². The Balaban J connectivity index is 1.44. The van der Waals surface area contributed by atoms with Gasteiger partial charge in [0.15, 0.2) is 0 Å². The van der Waals surface area contributed by atoms with Crippen molar-refractivity contribution in [2.24, 2.45) is 0 Å². The minimum Gasteiger partial charge on any atom is -0.495 e. The molecular formula is C22H21N7O4. The quantitative estimate of drug-likeness (QED) is 0.390. The number of fused-ring (bicyclic) bond motifs is 1. The number of nitrogens with one attached hydrogen (secondary N) is 3. The molecule has 4 aromatic rings. The molecule has 3 N–H and O–H groups in total. The Morgan fingerprint density at radius 2 is 2.06 bits per heavy atom. The number of hydrogen-bond donors (Lipinski definition) is 3. The van der Waals surface area contributed by atoms with Gasteiger partial charge in [0.1, 0.15) is 17.7 Å². The smallest absolute Gasteiger partial charge is 0.251 e. The summed E-state index contributed by atoms with van der Waals surface area (Å²) in [5, 5.41) is 6.76. The fraction of sp³-hybridized carbons (Fsp3) is 0.227. The van der Waals surface area contributed by atoms with Gasteiger partial charge in [-0.25, -0.2) is 9.97 Å². The molecule has 1 aliphatic rings. The third kappa shape index (κ3) is 4.01. The lowest BCUT2D eigenvalue weighted by Crippen LogP contribution is -2.48. The van der Waals surface area contributed by atoms with E-state index in [4.69, 9.17) is 14.2 Å². The van der Waals surface area contributed by atoms with Gasteiger partial charge < -0.3 is 29.8 Å². The number of aromatic amines is 1. The number of carbonyl (C=O) groups is 1. The second-order valence-electron chi connectivity index (χ2n) is 7.32. The maximum Gasteiger partial charge on any atom is 0.251 e. The molecule has 0 bridgehead atoms. The number of carbonyl (C=O) groups excluding carboxylic acids is 1. The summed E-state index contributed by atoms with van der Waals surface area (Å²) in [6.07, 6.45) is 4.95. The van der Waals surface area contributed by atoms with Crippen molar-refractivity contribution in [3.63, 3.8) is 0 Å². The van der Waals surface area contributed by atoms with Crippen LogP contribution >= 0.6 is 0 Å². The molecule has 3 aromatic heterocycles. The van der Waals surface area contributed by atoms with Crippen LogP contribution in [0.3, 0.4) is 0 Å². The van der Waals surface area contributed by atoms with Crippen LogP contribution in [0.25, 0.3) is 22.3 Å². The molecule has 0 atom stereocenters. The summed E-state index contributed by atoms with van der Waals surface area (Å²) in [7, 11) is 3.08. The summed E-state index contributed by atoms with van der Waals surface area (Å²) >= 11 is 0. The summed E-state index contributed by atoms with van der Waals surface area (Å²) in [5.74, 6) is 0.979. The van der Waals surface area contributed by atoms with Gasteiger partial charge in [0, 0.05) is 23.5 Å². The van der Waals surface area contributed by atoms with Crippen LogP contribution in [0.5, 0.6) is 11.6 Å². The van der Waals surface area contributed by atoms with Crippen molar-refractivity contribution in [3.05, 3.63) is 48.5 Å². The Kier molecular flexibility index (Phi) is 5.45. The van der Waals surface area contributed by atoms with E-state index < -0.39 is 0 Å². The molecule has 11 nitrogen and oxygen atoms in total. The second kappa shape index (κ2) is 8.71. The first-order valence-corrected chi connectivity index (χ1v) is 10.2. The van der Waals surface area contributed by atoms with E-state index in [1.165, 1.54) is 13.4 Å². The third-order valence-electron chi connectivity index (χ3n) is 5.23. The number of rotatable bonds is 7. The van der Waals surface area contributed by atoms with E-state index >= 15 is 0 Å². The van der Waals surface area contributed by atoms with Gasteiger partial charge >= 0.3 is 0 Å². The van der Waals surface area contributed by atoms with Gasteiger partial charge in [-0.3, -0.25) is 4.79 Å². The monoisotopic (exact) mass is 447 g/mol. The maximum atomic E-state index is 12.4. The van der Waals surface area contributed by atoms with E-state index in [1.807, 2.05) is 0 Å². The van der Waals surface area contributed by atoms with E-state index in [2.05, 4.69) is 35.6 Å². The minimum atomic E-state index is -0.184. The van der Waals surface area contributed by atoms with Crippen LogP contribution in [0.2, 0.25) is 0 Å². The molecule has 1 fully saturated rings. The highest BCUT2D eigenvalue weighted by Crippen LogP contribution is 2.34. The number of aromatic nitrogens is 5. The standard InChI is InChI=1S/C22H21N7O4/c1-31-17-7-12(20(30)26-13-9-33-10-13)3-4-16(17)27-22-28-19-18(21(29-22)32-2)14(8-24-19)15-5-6-23-11-25-15/h3-8,11,13H,9-10H2,1-2H3,(H,26,30)(H2,24,27,28,29). The molecule has 1 aliphatic heterocycles. The lowest BCUT2D eigenvalue weighted by molar-refractivity contribution is -0.00346. The molecule has 11 heteroatoms. The lowest BCUT2D eigenvalue weighted by atomic mass is 10.1. The molecule has 0 unspecified atom stereocenters. The Hall–Kier alpha value is -4.25. The van der Waals surface area contributed by atoms with Crippen LogP contribution in [0.1, 0.15) is 10.4 Å². The van der Waals surface area contributed by atoms with Crippen LogP contribution in [0, 0.1) is 0 Å². The minimum absolute atomic E-state index is 0.0434. The molecule has 168 valence electrons. The first-order valence-electron chi connectivity index (χ1n) is 10.2. The summed E-state index contributed by atoms with van der Waals surface area (Å²) < 4.78 is 16.1. The molecule has 0 spiro atoms. The molecule has 0 saturated carbocycles. The van der Waals surface area contributed by atoms with Crippen LogP contribution in [0.15, 0.2) is 43.0 Å². The van der Waals surface area contributed by atoms with Gasteiger partial charge in [0.05, 0.1) is 50.2 Å². The van der Waals surface area contributed by atoms with Crippen molar-refractivity contribution in [3.8, 4) is 22.9 Å². The second-order valence-corrected chi connectivity index (χ2v) is 7.32. The highest BCUT2D eigenvalue weighted by Gasteiger charge is 2.22. The van der Waals surface area contributed by atoms with Crippen LogP contribution in [-0.2, 0) is 4.74 Å². The normalized spacial score (nSPS) is 13.4. The number of ether oxygens (including phenoxy) is 3. The zero-order valence-electron chi connectivity index (χ0n) is 18.0. The zero-order chi connectivity index (χ0) is 22.8. The predicted octanol–water partition coefficient (Wildman–Crippen LogP) is 2.30. The molecule has 33 heavy (non-hydrogen) atoms. The maximum absolute atomic E-state index is 12.4. The molecule has 0 radical (unpaired) electrons. The Morgan fingerprint density at radius 1 is 1.18 bits per heavy atom. The Bertz CT molecular complexity index is 1310. The fourth-order valence-electron chi connectivity index (χ4n) is 3.50. The molecule has 1 amide bonds. The Morgan fingerprint density at radius 3 is 2.76 bits per heavy atom. The van der Waals surface area contributed by atoms with E-state index in [-0.39, 0.29) is 11.9 Å². The van der Waals surface area contributed by atoms with Gasteiger partial charge in [-0.2, -0.15) is 9.97 Å². The lowest BCUT2D eigenvalue weighted by Gasteiger charge is -2.26. The van der Waals surface area contributed by atoms with Crippen LogP contribution < -0.4 is 20.1 Å². The SMILES string of the molecule is COc1cc(C(=O)NC2COC2)ccc1Nc1nc(OC)c2c(-c3ccncn3)c[nH]c2n1. The van der Waals surface area contributed by atoms with Gasteiger partial charge in [-0.1, -0.05) is 0 Å². The average Bonchev–Trinajstić information content (AvgIpc) is 3.25. The highest BCUT2D eigenvalue weighted by molar-refractivity contribution is 5.97. The van der Waals surface area contributed by atoms with E-state index in [1.54, 1.807) is 43.8 Å². The van der Waals surface area contributed by atoms with Gasteiger partial charge in [-0.15, -0.1) is 0 Å². The topological polar surface area (TPSA) is 136 Å². The average molecular weight is 447 g/mol. The van der Waals surface area contributed by atoms with Crippen molar-refractivity contribution in [2.75, 3.05) is 32.8 Å². The van der Waals surface area contributed by atoms with E-state index in [0.29, 0.717) is 53.1 Å². The largest absolute Gasteiger partial charge is 0.495 e. The number of anilines is 2. The molecule has 0 aliphatic carbocycles. The Labute approximate surface area is 188 Å². The molecule has 1 aromatic carbocycles. The summed E-state index contributed by atoms with van der Waals surface area (Å²) in [6, 6.07) is 6.95. The van der Waals surface area contributed by atoms with E-state index in [0.717, 1.165) is 11.3 Å². The summed E-state index contributed by atoms with van der Waals surface area (Å²) in [6.45, 7) is 1.06. The predicted molar refractivity (Wildman–Crippen MR) is 120 cm³/mol. The number of benzene rings is 1. The van der Waals surface area contributed by atoms with Crippen LogP contribution in [0.4, 0.5) is 11.6 Å². The summed E-state index contributed by atoms with van der Waals surface area (Å²) in [5.41, 5.74) is 3.20. The molecule has 4 heterocycles. The third-order valence-corrected chi connectivity index (χ3v) is 5.23. The first-order chi connectivity index (χ1) is 16.2. The number of nitrogens with zero attached hydrogens (tertiary/aromatic N) is 4.